The van der Waals surface area contributed by atoms with Crippen LogP contribution in [0.5, 0.6) is 11.5 Å². The fraction of sp³-hybridized carbons (Fsp3) is 0.600. The number of ether oxygens (including phenoxy) is 2. The average Bonchev–Trinajstić information content (AvgIpc) is 2.46. The van der Waals surface area contributed by atoms with Gasteiger partial charge in [-0.05, 0) is 53.4 Å². The SMILES string of the molecule is CCOc1cc(CO)cc(Br)c1OCC(O)(CC)CC. The van der Waals surface area contributed by atoms with Crippen LogP contribution in [-0.2, 0) is 6.61 Å². The van der Waals surface area contributed by atoms with Crippen LogP contribution in [0.25, 0.3) is 0 Å². The minimum absolute atomic E-state index is 0.0627. The lowest BCUT2D eigenvalue weighted by atomic mass is 9.99. The Labute approximate surface area is 128 Å². The molecular weight excluding hydrogens is 324 g/mol. The molecule has 1 aromatic carbocycles. The van der Waals surface area contributed by atoms with Gasteiger partial charge in [0.2, 0.25) is 0 Å². The second-order valence-corrected chi connectivity index (χ2v) is 5.57. The van der Waals surface area contributed by atoms with Crippen LogP contribution in [0, 0.1) is 0 Å². The van der Waals surface area contributed by atoms with Crippen LogP contribution in [0.3, 0.4) is 0 Å². The van der Waals surface area contributed by atoms with Crippen molar-refractivity contribution in [1.29, 1.82) is 0 Å². The molecule has 114 valence electrons. The summed E-state index contributed by atoms with van der Waals surface area (Å²) in [6.45, 7) is 6.39. The Kier molecular flexibility index (Phi) is 6.79. The summed E-state index contributed by atoms with van der Waals surface area (Å²) in [4.78, 5) is 0. The van der Waals surface area contributed by atoms with E-state index in [0.717, 1.165) is 5.56 Å². The fourth-order valence-electron chi connectivity index (χ4n) is 1.78. The van der Waals surface area contributed by atoms with E-state index in [2.05, 4.69) is 15.9 Å². The van der Waals surface area contributed by atoms with E-state index in [1.165, 1.54) is 0 Å². The topological polar surface area (TPSA) is 58.9 Å². The Hall–Kier alpha value is -0.780. The molecule has 4 nitrogen and oxygen atoms in total. The normalized spacial score (nSPS) is 11.5. The maximum atomic E-state index is 10.3. The smallest absolute Gasteiger partial charge is 0.175 e. The molecule has 0 aliphatic carbocycles. The van der Waals surface area contributed by atoms with E-state index >= 15 is 0 Å². The molecule has 0 unspecified atom stereocenters. The summed E-state index contributed by atoms with van der Waals surface area (Å²) in [6.07, 6.45) is 1.25. The van der Waals surface area contributed by atoms with Crippen LogP contribution < -0.4 is 9.47 Å². The second-order valence-electron chi connectivity index (χ2n) is 4.72. The number of benzene rings is 1. The predicted molar refractivity (Wildman–Crippen MR) is 82.3 cm³/mol. The van der Waals surface area contributed by atoms with E-state index < -0.39 is 5.60 Å². The van der Waals surface area contributed by atoms with Gasteiger partial charge in [0.1, 0.15) is 6.61 Å². The zero-order valence-corrected chi connectivity index (χ0v) is 13.9. The highest BCUT2D eigenvalue weighted by atomic mass is 79.9. The molecule has 0 saturated carbocycles. The Morgan fingerprint density at radius 1 is 1.15 bits per heavy atom. The van der Waals surface area contributed by atoms with Gasteiger partial charge < -0.3 is 19.7 Å². The molecule has 0 heterocycles. The maximum absolute atomic E-state index is 10.3. The van der Waals surface area contributed by atoms with Gasteiger partial charge in [0.25, 0.3) is 0 Å². The number of hydrogen-bond donors (Lipinski definition) is 2. The third-order valence-electron chi connectivity index (χ3n) is 3.35. The Balaban J connectivity index is 2.98. The Bertz CT molecular complexity index is 430. The molecule has 0 atom stereocenters. The molecule has 5 heteroatoms. The number of aliphatic hydroxyl groups excluding tert-OH is 1. The molecule has 1 rings (SSSR count). The molecule has 0 amide bonds. The summed E-state index contributed by atoms with van der Waals surface area (Å²) in [5.41, 5.74) is -0.0904. The van der Waals surface area contributed by atoms with Gasteiger partial charge in [0.05, 0.1) is 23.3 Å². The van der Waals surface area contributed by atoms with Crippen LogP contribution >= 0.6 is 15.9 Å². The molecular formula is C15H23BrO4. The van der Waals surface area contributed by atoms with Crippen LogP contribution in [0.1, 0.15) is 39.2 Å². The summed E-state index contributed by atoms with van der Waals surface area (Å²) in [5.74, 6) is 1.13. The molecule has 0 saturated heterocycles. The van der Waals surface area contributed by atoms with Crippen molar-refractivity contribution in [3.05, 3.63) is 22.2 Å². The van der Waals surface area contributed by atoms with E-state index in [0.29, 0.717) is 35.4 Å². The van der Waals surface area contributed by atoms with Crippen molar-refractivity contribution in [2.75, 3.05) is 13.2 Å². The highest BCUT2D eigenvalue weighted by molar-refractivity contribution is 9.10. The van der Waals surface area contributed by atoms with Crippen molar-refractivity contribution >= 4 is 15.9 Å². The van der Waals surface area contributed by atoms with Crippen LogP contribution in [-0.4, -0.2) is 29.0 Å². The molecule has 0 fully saturated rings. The molecule has 0 radical (unpaired) electrons. The van der Waals surface area contributed by atoms with Crippen molar-refractivity contribution in [2.45, 2.75) is 45.8 Å². The minimum atomic E-state index is -0.835. The monoisotopic (exact) mass is 346 g/mol. The number of hydrogen-bond acceptors (Lipinski definition) is 4. The second kappa shape index (κ2) is 7.86. The van der Waals surface area contributed by atoms with Crippen molar-refractivity contribution in [3.63, 3.8) is 0 Å². The fourth-order valence-corrected chi connectivity index (χ4v) is 2.38. The van der Waals surface area contributed by atoms with Gasteiger partial charge >= 0.3 is 0 Å². The average molecular weight is 347 g/mol. The first-order valence-electron chi connectivity index (χ1n) is 6.90. The lowest BCUT2D eigenvalue weighted by Crippen LogP contribution is -2.34. The highest BCUT2D eigenvalue weighted by Crippen LogP contribution is 2.37. The lowest BCUT2D eigenvalue weighted by molar-refractivity contribution is -0.0122. The van der Waals surface area contributed by atoms with Gasteiger partial charge in [-0.25, -0.2) is 0 Å². The molecule has 0 bridgehead atoms. The first-order chi connectivity index (χ1) is 9.49. The van der Waals surface area contributed by atoms with Crippen molar-refractivity contribution in [1.82, 2.24) is 0 Å². The van der Waals surface area contributed by atoms with Crippen molar-refractivity contribution in [2.24, 2.45) is 0 Å². The summed E-state index contributed by atoms with van der Waals surface area (Å²) < 4.78 is 12.0. The standard InChI is InChI=1S/C15H23BrO4/c1-4-15(18,5-2)10-20-14-12(16)7-11(9-17)8-13(14)19-6-3/h7-8,17-18H,4-6,9-10H2,1-3H3. The van der Waals surface area contributed by atoms with Crippen molar-refractivity contribution in [3.8, 4) is 11.5 Å². The molecule has 2 N–H and O–H groups in total. The van der Waals surface area contributed by atoms with E-state index in [9.17, 15) is 10.2 Å². The van der Waals surface area contributed by atoms with E-state index in [4.69, 9.17) is 9.47 Å². The number of aliphatic hydroxyl groups is 2. The van der Waals surface area contributed by atoms with Gasteiger partial charge in [-0.1, -0.05) is 13.8 Å². The summed E-state index contributed by atoms with van der Waals surface area (Å²) in [5, 5.41) is 19.5. The molecule has 0 aliphatic heterocycles. The summed E-state index contributed by atoms with van der Waals surface area (Å²) in [6, 6.07) is 3.54. The summed E-state index contributed by atoms with van der Waals surface area (Å²) in [7, 11) is 0. The third-order valence-corrected chi connectivity index (χ3v) is 3.94. The quantitative estimate of drug-likeness (QED) is 0.758. The Morgan fingerprint density at radius 2 is 1.80 bits per heavy atom. The molecule has 0 aromatic heterocycles. The van der Waals surface area contributed by atoms with E-state index in [1.807, 2.05) is 20.8 Å². The minimum Gasteiger partial charge on any atom is -0.490 e. The van der Waals surface area contributed by atoms with E-state index in [-0.39, 0.29) is 13.2 Å². The highest BCUT2D eigenvalue weighted by Gasteiger charge is 2.24. The van der Waals surface area contributed by atoms with E-state index in [1.54, 1.807) is 12.1 Å². The van der Waals surface area contributed by atoms with Gasteiger partial charge in [0.15, 0.2) is 11.5 Å². The molecule has 0 spiro atoms. The number of halogens is 1. The first kappa shape index (κ1) is 17.3. The van der Waals surface area contributed by atoms with Gasteiger partial charge in [-0.2, -0.15) is 0 Å². The third kappa shape index (κ3) is 4.36. The first-order valence-corrected chi connectivity index (χ1v) is 7.70. The van der Waals surface area contributed by atoms with Gasteiger partial charge in [-0.15, -0.1) is 0 Å². The van der Waals surface area contributed by atoms with Gasteiger partial charge in [-0.3, -0.25) is 0 Å². The van der Waals surface area contributed by atoms with Crippen LogP contribution in [0.4, 0.5) is 0 Å². The Morgan fingerprint density at radius 3 is 2.30 bits per heavy atom. The zero-order valence-electron chi connectivity index (χ0n) is 12.3. The zero-order chi connectivity index (χ0) is 15.2. The van der Waals surface area contributed by atoms with Crippen LogP contribution in [0.2, 0.25) is 0 Å². The lowest BCUT2D eigenvalue weighted by Gasteiger charge is -2.26. The number of rotatable bonds is 8. The maximum Gasteiger partial charge on any atom is 0.175 e. The summed E-state index contributed by atoms with van der Waals surface area (Å²) >= 11 is 3.42. The molecule has 1 aromatic rings. The largest absolute Gasteiger partial charge is 0.490 e. The molecule has 0 aliphatic rings. The van der Waals surface area contributed by atoms with Crippen LogP contribution in [0.15, 0.2) is 16.6 Å². The van der Waals surface area contributed by atoms with Gasteiger partial charge in [0, 0.05) is 0 Å². The predicted octanol–water partition coefficient (Wildman–Crippen LogP) is 3.27. The molecule has 20 heavy (non-hydrogen) atoms. The van der Waals surface area contributed by atoms with Crippen molar-refractivity contribution < 1.29 is 19.7 Å².